The second kappa shape index (κ2) is 6.48. The number of morpholine rings is 1. The highest BCUT2D eigenvalue weighted by Gasteiger charge is 2.42. The Labute approximate surface area is 146 Å². The monoisotopic (exact) mass is 346 g/mol. The molecule has 0 aliphatic carbocycles. The number of nitrogens with zero attached hydrogens (tertiary/aromatic N) is 2. The summed E-state index contributed by atoms with van der Waals surface area (Å²) in [6.07, 6.45) is 0. The Balaban J connectivity index is 1.93. The minimum atomic E-state index is -1.07. The molecule has 0 saturated carbocycles. The van der Waals surface area contributed by atoms with E-state index in [0.717, 1.165) is 0 Å². The molecule has 0 radical (unpaired) electrons. The molecule has 7 nitrogen and oxygen atoms in total. The van der Waals surface area contributed by atoms with Crippen LogP contribution in [0.15, 0.2) is 18.2 Å². The van der Waals surface area contributed by atoms with Crippen molar-refractivity contribution in [2.24, 2.45) is 0 Å². The molecular formula is C18H22N2O5. The first-order chi connectivity index (χ1) is 11.8. The topological polar surface area (TPSA) is 76.2 Å². The number of carbonyl (C=O) groups excluding carboxylic acids is 3. The van der Waals surface area contributed by atoms with Crippen molar-refractivity contribution in [1.29, 1.82) is 0 Å². The number of hydrogen-bond donors (Lipinski definition) is 0. The molecule has 0 aromatic heterocycles. The first kappa shape index (κ1) is 17.4. The van der Waals surface area contributed by atoms with Crippen LogP contribution in [-0.2, 0) is 14.3 Å². The minimum absolute atomic E-state index is 0.0834. The van der Waals surface area contributed by atoms with Crippen molar-refractivity contribution in [2.45, 2.75) is 26.4 Å². The van der Waals surface area contributed by atoms with Crippen LogP contribution in [0, 0.1) is 0 Å². The molecule has 2 aliphatic heterocycles. The van der Waals surface area contributed by atoms with Gasteiger partial charge in [0.25, 0.3) is 5.91 Å². The number of hydrogen-bond acceptors (Lipinski definition) is 5. The van der Waals surface area contributed by atoms with Gasteiger partial charge in [-0.1, -0.05) is 0 Å². The fraction of sp³-hybridized carbons (Fsp3) is 0.500. The van der Waals surface area contributed by atoms with Gasteiger partial charge in [0, 0.05) is 18.7 Å². The zero-order chi connectivity index (χ0) is 18.2. The molecule has 1 aromatic carbocycles. The predicted octanol–water partition coefficient (Wildman–Crippen LogP) is 1.25. The van der Waals surface area contributed by atoms with Gasteiger partial charge < -0.3 is 14.4 Å². The summed E-state index contributed by atoms with van der Waals surface area (Å²) in [5, 5.41) is 0. The average molecular weight is 346 g/mol. The highest BCUT2D eigenvalue weighted by molar-refractivity contribution is 6.07. The van der Waals surface area contributed by atoms with Gasteiger partial charge in [0.05, 0.1) is 18.9 Å². The van der Waals surface area contributed by atoms with E-state index in [1.807, 2.05) is 0 Å². The van der Waals surface area contributed by atoms with E-state index in [2.05, 4.69) is 0 Å². The van der Waals surface area contributed by atoms with Gasteiger partial charge in [-0.25, -0.2) is 0 Å². The quantitative estimate of drug-likeness (QED) is 0.770. The van der Waals surface area contributed by atoms with Crippen LogP contribution < -0.4 is 9.64 Å². The molecule has 1 fully saturated rings. The standard InChI is InChI=1S/C18H22N2O5/c1-12(21)13-4-5-15-14(10-13)20(17(23)18(2,3)25-15)11-16(22)19-6-8-24-9-7-19/h4-5,10H,6-9,11H2,1-3H3. The molecule has 0 unspecified atom stereocenters. The minimum Gasteiger partial charge on any atom is -0.476 e. The smallest absolute Gasteiger partial charge is 0.271 e. The van der Waals surface area contributed by atoms with Gasteiger partial charge >= 0.3 is 0 Å². The Morgan fingerprint density at radius 3 is 2.52 bits per heavy atom. The average Bonchev–Trinajstić information content (AvgIpc) is 2.59. The Hall–Kier alpha value is -2.41. The molecule has 0 spiro atoms. The van der Waals surface area contributed by atoms with E-state index < -0.39 is 5.60 Å². The van der Waals surface area contributed by atoms with E-state index in [-0.39, 0.29) is 24.1 Å². The van der Waals surface area contributed by atoms with Crippen LogP contribution in [0.4, 0.5) is 5.69 Å². The number of anilines is 1. The Kier molecular flexibility index (Phi) is 4.51. The Morgan fingerprint density at radius 2 is 1.88 bits per heavy atom. The van der Waals surface area contributed by atoms with Crippen molar-refractivity contribution in [3.8, 4) is 5.75 Å². The largest absolute Gasteiger partial charge is 0.476 e. The summed E-state index contributed by atoms with van der Waals surface area (Å²) < 4.78 is 11.0. The number of Topliss-reactive ketones (excluding diaryl/α,β-unsaturated/α-hetero) is 1. The van der Waals surface area contributed by atoms with E-state index in [0.29, 0.717) is 43.3 Å². The van der Waals surface area contributed by atoms with E-state index in [4.69, 9.17) is 9.47 Å². The van der Waals surface area contributed by atoms with Crippen molar-refractivity contribution in [1.82, 2.24) is 4.90 Å². The van der Waals surface area contributed by atoms with Crippen LogP contribution in [0.3, 0.4) is 0 Å². The summed E-state index contributed by atoms with van der Waals surface area (Å²) >= 11 is 0. The van der Waals surface area contributed by atoms with Gasteiger partial charge in [0.15, 0.2) is 11.4 Å². The van der Waals surface area contributed by atoms with Crippen molar-refractivity contribution >= 4 is 23.3 Å². The molecule has 0 bridgehead atoms. The molecular weight excluding hydrogens is 324 g/mol. The number of ether oxygens (including phenoxy) is 2. The molecule has 1 aromatic rings. The number of ketones is 1. The molecule has 0 atom stereocenters. The van der Waals surface area contributed by atoms with Gasteiger partial charge in [-0.3, -0.25) is 19.3 Å². The zero-order valence-electron chi connectivity index (χ0n) is 14.7. The lowest BCUT2D eigenvalue weighted by Gasteiger charge is -2.39. The lowest BCUT2D eigenvalue weighted by molar-refractivity contribution is -0.138. The van der Waals surface area contributed by atoms with Crippen molar-refractivity contribution in [3.63, 3.8) is 0 Å². The molecule has 2 amide bonds. The highest BCUT2D eigenvalue weighted by Crippen LogP contribution is 2.38. The van der Waals surface area contributed by atoms with E-state index >= 15 is 0 Å². The maximum Gasteiger partial charge on any atom is 0.271 e. The summed E-state index contributed by atoms with van der Waals surface area (Å²) in [6, 6.07) is 4.94. The first-order valence-electron chi connectivity index (χ1n) is 8.31. The van der Waals surface area contributed by atoms with Crippen LogP contribution >= 0.6 is 0 Å². The van der Waals surface area contributed by atoms with Crippen LogP contribution in [0.25, 0.3) is 0 Å². The second-order valence-corrected chi connectivity index (χ2v) is 6.74. The summed E-state index contributed by atoms with van der Waals surface area (Å²) in [6.45, 7) is 6.74. The zero-order valence-corrected chi connectivity index (χ0v) is 14.7. The van der Waals surface area contributed by atoms with Gasteiger partial charge in [-0.2, -0.15) is 0 Å². The van der Waals surface area contributed by atoms with Crippen molar-refractivity contribution in [2.75, 3.05) is 37.7 Å². The normalized spacial score (nSPS) is 19.2. The Morgan fingerprint density at radius 1 is 1.20 bits per heavy atom. The van der Waals surface area contributed by atoms with Crippen LogP contribution in [-0.4, -0.2) is 60.9 Å². The summed E-state index contributed by atoms with van der Waals surface area (Å²) in [5.41, 5.74) is -0.145. The van der Waals surface area contributed by atoms with Crippen molar-refractivity contribution < 1.29 is 23.9 Å². The third-order valence-electron chi connectivity index (χ3n) is 4.44. The van der Waals surface area contributed by atoms with E-state index in [1.54, 1.807) is 36.9 Å². The second-order valence-electron chi connectivity index (χ2n) is 6.74. The molecule has 134 valence electrons. The number of rotatable bonds is 3. The van der Waals surface area contributed by atoms with Crippen LogP contribution in [0.5, 0.6) is 5.75 Å². The maximum absolute atomic E-state index is 12.8. The Bertz CT molecular complexity index is 722. The van der Waals surface area contributed by atoms with Gasteiger partial charge in [0.2, 0.25) is 5.91 Å². The molecule has 7 heteroatoms. The van der Waals surface area contributed by atoms with Crippen LogP contribution in [0.2, 0.25) is 0 Å². The fourth-order valence-electron chi connectivity index (χ4n) is 2.99. The SMILES string of the molecule is CC(=O)c1ccc2c(c1)N(CC(=O)N1CCOCC1)C(=O)C(C)(C)O2. The lowest BCUT2D eigenvalue weighted by atomic mass is 10.0. The first-order valence-corrected chi connectivity index (χ1v) is 8.31. The molecule has 2 heterocycles. The molecule has 3 rings (SSSR count). The maximum atomic E-state index is 12.8. The number of carbonyl (C=O) groups is 3. The number of benzene rings is 1. The van der Waals surface area contributed by atoms with E-state index in [9.17, 15) is 14.4 Å². The third-order valence-corrected chi connectivity index (χ3v) is 4.44. The fourth-order valence-corrected chi connectivity index (χ4v) is 2.99. The highest BCUT2D eigenvalue weighted by atomic mass is 16.5. The van der Waals surface area contributed by atoms with Crippen LogP contribution in [0.1, 0.15) is 31.1 Å². The number of amides is 2. The number of fused-ring (bicyclic) bond motifs is 1. The van der Waals surface area contributed by atoms with E-state index in [1.165, 1.54) is 11.8 Å². The predicted molar refractivity (Wildman–Crippen MR) is 90.9 cm³/mol. The van der Waals surface area contributed by atoms with Gasteiger partial charge in [-0.05, 0) is 39.0 Å². The summed E-state index contributed by atoms with van der Waals surface area (Å²) in [7, 11) is 0. The molecule has 1 saturated heterocycles. The van der Waals surface area contributed by atoms with Crippen molar-refractivity contribution in [3.05, 3.63) is 23.8 Å². The summed E-state index contributed by atoms with van der Waals surface area (Å²) in [4.78, 5) is 40.2. The lowest BCUT2D eigenvalue weighted by Crippen LogP contribution is -2.56. The van der Waals surface area contributed by atoms with Gasteiger partial charge in [0.1, 0.15) is 12.3 Å². The molecule has 0 N–H and O–H groups in total. The third kappa shape index (κ3) is 3.37. The van der Waals surface area contributed by atoms with Gasteiger partial charge in [-0.15, -0.1) is 0 Å². The molecule has 25 heavy (non-hydrogen) atoms. The molecule has 2 aliphatic rings. The summed E-state index contributed by atoms with van der Waals surface area (Å²) in [5.74, 6) is -0.0697.